The van der Waals surface area contributed by atoms with Gasteiger partial charge in [-0.3, -0.25) is 14.0 Å². The van der Waals surface area contributed by atoms with Gasteiger partial charge in [0, 0.05) is 43.4 Å². The van der Waals surface area contributed by atoms with Gasteiger partial charge in [-0.1, -0.05) is 18.5 Å². The van der Waals surface area contributed by atoms with E-state index in [4.69, 9.17) is 11.6 Å². The summed E-state index contributed by atoms with van der Waals surface area (Å²) in [6.45, 7) is 2.12. The van der Waals surface area contributed by atoms with Crippen molar-refractivity contribution >= 4 is 29.5 Å². The molecule has 3 aromatic heterocycles. The van der Waals surface area contributed by atoms with E-state index in [-0.39, 0.29) is 5.25 Å². The summed E-state index contributed by atoms with van der Waals surface area (Å²) in [6.07, 6.45) is 10.1. The molecule has 0 amide bonds. The van der Waals surface area contributed by atoms with Crippen LogP contribution in [0.3, 0.4) is 0 Å². The second-order valence-electron chi connectivity index (χ2n) is 6.40. The SMILES string of the molecule is CC(Cc1ncc(Cl)cn1)SNc1nnc(-c2cnn(C)c2)n1C1CC1. The minimum atomic E-state index is 0.266. The molecule has 0 radical (unpaired) electrons. The molecule has 1 fully saturated rings. The van der Waals surface area contributed by atoms with E-state index < -0.39 is 0 Å². The Labute approximate surface area is 160 Å². The molecule has 1 aliphatic carbocycles. The molecule has 3 heterocycles. The first-order valence-corrected chi connectivity index (χ1v) is 9.68. The normalized spacial score (nSPS) is 15.2. The van der Waals surface area contributed by atoms with Gasteiger partial charge < -0.3 is 0 Å². The Kier molecular flexibility index (Phi) is 4.82. The molecule has 3 aromatic rings. The summed E-state index contributed by atoms with van der Waals surface area (Å²) in [5, 5.41) is 13.8. The molecule has 10 heteroatoms. The number of halogens is 1. The van der Waals surface area contributed by atoms with Crippen LogP contribution >= 0.6 is 23.5 Å². The molecule has 0 saturated heterocycles. The van der Waals surface area contributed by atoms with Crippen molar-refractivity contribution in [3.05, 3.63) is 35.6 Å². The van der Waals surface area contributed by atoms with E-state index in [0.29, 0.717) is 11.1 Å². The summed E-state index contributed by atoms with van der Waals surface area (Å²) in [7, 11) is 1.90. The molecule has 4 rings (SSSR count). The maximum atomic E-state index is 5.83. The number of anilines is 1. The Bertz CT molecular complexity index is 886. The molecule has 0 bridgehead atoms. The fourth-order valence-electron chi connectivity index (χ4n) is 2.67. The molecule has 0 aliphatic heterocycles. The minimum Gasteiger partial charge on any atom is -0.298 e. The van der Waals surface area contributed by atoms with Crippen LogP contribution in [0.1, 0.15) is 31.6 Å². The number of hydrogen-bond donors (Lipinski definition) is 1. The summed E-state index contributed by atoms with van der Waals surface area (Å²) in [4.78, 5) is 8.50. The van der Waals surface area contributed by atoms with Crippen molar-refractivity contribution in [1.82, 2.24) is 34.5 Å². The zero-order valence-corrected chi connectivity index (χ0v) is 16.1. The second-order valence-corrected chi connectivity index (χ2v) is 8.08. The fraction of sp³-hybridized carbons (Fsp3) is 0.438. The maximum Gasteiger partial charge on any atom is 0.235 e. The molecule has 1 unspecified atom stereocenters. The monoisotopic (exact) mass is 390 g/mol. The van der Waals surface area contributed by atoms with Gasteiger partial charge in [-0.25, -0.2) is 9.97 Å². The highest BCUT2D eigenvalue weighted by atomic mass is 35.5. The van der Waals surface area contributed by atoms with Gasteiger partial charge in [0.2, 0.25) is 5.95 Å². The molecule has 1 aliphatic rings. The quantitative estimate of drug-likeness (QED) is 0.620. The number of hydrogen-bond acceptors (Lipinski definition) is 7. The summed E-state index contributed by atoms with van der Waals surface area (Å²) < 4.78 is 7.31. The van der Waals surface area contributed by atoms with Gasteiger partial charge >= 0.3 is 0 Å². The number of aryl methyl sites for hydroxylation is 1. The van der Waals surface area contributed by atoms with Crippen LogP contribution in [0, 0.1) is 0 Å². The lowest BCUT2D eigenvalue weighted by Gasteiger charge is -2.13. The fourth-order valence-corrected chi connectivity index (χ4v) is 3.45. The van der Waals surface area contributed by atoms with Gasteiger partial charge in [0.15, 0.2) is 5.82 Å². The molecule has 136 valence electrons. The number of rotatable bonds is 7. The van der Waals surface area contributed by atoms with Gasteiger partial charge in [0.05, 0.1) is 16.8 Å². The van der Waals surface area contributed by atoms with Crippen molar-refractivity contribution in [3.8, 4) is 11.4 Å². The largest absolute Gasteiger partial charge is 0.298 e. The Balaban J connectivity index is 1.45. The van der Waals surface area contributed by atoms with Crippen LogP contribution in [-0.2, 0) is 13.5 Å². The van der Waals surface area contributed by atoms with Gasteiger partial charge in [-0.15, -0.1) is 10.2 Å². The highest BCUT2D eigenvalue weighted by molar-refractivity contribution is 8.01. The summed E-state index contributed by atoms with van der Waals surface area (Å²) >= 11 is 7.42. The van der Waals surface area contributed by atoms with Crippen LogP contribution in [0.15, 0.2) is 24.8 Å². The van der Waals surface area contributed by atoms with Gasteiger partial charge in [-0.05, 0) is 24.8 Å². The molecule has 0 aromatic carbocycles. The van der Waals surface area contributed by atoms with Crippen molar-refractivity contribution in [2.45, 2.75) is 37.5 Å². The number of nitrogens with zero attached hydrogens (tertiary/aromatic N) is 7. The third-order valence-electron chi connectivity index (χ3n) is 4.07. The van der Waals surface area contributed by atoms with Crippen molar-refractivity contribution < 1.29 is 0 Å². The van der Waals surface area contributed by atoms with Crippen LogP contribution < -0.4 is 4.72 Å². The average Bonchev–Trinajstić information content (AvgIpc) is 3.23. The van der Waals surface area contributed by atoms with Crippen LogP contribution in [-0.4, -0.2) is 39.8 Å². The first-order valence-electron chi connectivity index (χ1n) is 8.42. The van der Waals surface area contributed by atoms with Crippen LogP contribution in [0.25, 0.3) is 11.4 Å². The van der Waals surface area contributed by atoms with E-state index in [0.717, 1.165) is 42.4 Å². The molecule has 1 atom stereocenters. The molecule has 26 heavy (non-hydrogen) atoms. The maximum absolute atomic E-state index is 5.83. The smallest absolute Gasteiger partial charge is 0.235 e. The predicted octanol–water partition coefficient (Wildman–Crippen LogP) is 3.15. The second kappa shape index (κ2) is 7.24. The molecular weight excluding hydrogens is 372 g/mol. The van der Waals surface area contributed by atoms with E-state index in [1.165, 1.54) is 0 Å². The van der Waals surface area contributed by atoms with E-state index in [1.807, 2.05) is 19.4 Å². The lowest BCUT2D eigenvalue weighted by atomic mass is 10.3. The van der Waals surface area contributed by atoms with Crippen LogP contribution in [0.5, 0.6) is 0 Å². The highest BCUT2D eigenvalue weighted by Crippen LogP contribution is 2.40. The zero-order valence-electron chi connectivity index (χ0n) is 14.5. The summed E-state index contributed by atoms with van der Waals surface area (Å²) in [6, 6.07) is 0.457. The molecular formula is C16H19ClN8S. The minimum absolute atomic E-state index is 0.266. The molecule has 1 saturated carbocycles. The summed E-state index contributed by atoms with van der Waals surface area (Å²) in [5.41, 5.74) is 0.979. The first-order chi connectivity index (χ1) is 12.6. The molecule has 1 N–H and O–H groups in total. The van der Waals surface area contributed by atoms with Gasteiger partial charge in [-0.2, -0.15) is 5.10 Å². The predicted molar refractivity (Wildman–Crippen MR) is 102 cm³/mol. The van der Waals surface area contributed by atoms with E-state index >= 15 is 0 Å². The topological polar surface area (TPSA) is 86.3 Å². The Morgan fingerprint density at radius 2 is 2.04 bits per heavy atom. The van der Waals surface area contributed by atoms with Crippen LogP contribution in [0.4, 0.5) is 5.95 Å². The van der Waals surface area contributed by atoms with Crippen molar-refractivity contribution in [3.63, 3.8) is 0 Å². The Morgan fingerprint density at radius 3 is 2.69 bits per heavy atom. The van der Waals surface area contributed by atoms with E-state index in [1.54, 1.807) is 29.0 Å². The van der Waals surface area contributed by atoms with Crippen molar-refractivity contribution in [2.75, 3.05) is 4.72 Å². The average molecular weight is 391 g/mol. The Hall–Kier alpha value is -2.13. The number of nitrogens with one attached hydrogen (secondary N) is 1. The lowest BCUT2D eigenvalue weighted by molar-refractivity contribution is 0.755. The first kappa shape index (κ1) is 17.3. The third kappa shape index (κ3) is 3.83. The van der Waals surface area contributed by atoms with Gasteiger partial charge in [0.25, 0.3) is 0 Å². The summed E-state index contributed by atoms with van der Waals surface area (Å²) in [5.74, 6) is 2.41. The zero-order chi connectivity index (χ0) is 18.1. The van der Waals surface area contributed by atoms with E-state index in [9.17, 15) is 0 Å². The standard InChI is InChI=1S/C16H19ClN8S/c1-10(5-14-18-7-12(17)8-19-14)26-23-16-22-21-15(25(16)13-3-4-13)11-6-20-24(2)9-11/h6-10,13H,3-5H2,1-2H3,(H,22,23). The highest BCUT2D eigenvalue weighted by Gasteiger charge is 2.30. The van der Waals surface area contributed by atoms with Crippen molar-refractivity contribution in [2.24, 2.45) is 7.05 Å². The number of aromatic nitrogens is 7. The van der Waals surface area contributed by atoms with Crippen LogP contribution in [0.2, 0.25) is 5.02 Å². The van der Waals surface area contributed by atoms with E-state index in [2.05, 4.69) is 41.5 Å². The van der Waals surface area contributed by atoms with Crippen molar-refractivity contribution in [1.29, 1.82) is 0 Å². The third-order valence-corrected chi connectivity index (χ3v) is 5.13. The van der Waals surface area contributed by atoms with Gasteiger partial charge in [0.1, 0.15) is 5.82 Å². The lowest BCUT2D eigenvalue weighted by Crippen LogP contribution is -2.10. The Morgan fingerprint density at radius 1 is 1.27 bits per heavy atom. The molecule has 8 nitrogen and oxygen atoms in total. The molecule has 0 spiro atoms.